The summed E-state index contributed by atoms with van der Waals surface area (Å²) in [6.07, 6.45) is 5.00. The van der Waals surface area contributed by atoms with Crippen LogP contribution in [-0.4, -0.2) is 44.1 Å². The lowest BCUT2D eigenvalue weighted by atomic mass is 9.99. The van der Waals surface area contributed by atoms with Crippen LogP contribution in [-0.2, 0) is 6.54 Å². The Bertz CT molecular complexity index is 501. The summed E-state index contributed by atoms with van der Waals surface area (Å²) in [5.41, 5.74) is 2.55. The van der Waals surface area contributed by atoms with Crippen LogP contribution in [0.4, 0.5) is 0 Å². The summed E-state index contributed by atoms with van der Waals surface area (Å²) >= 11 is 0. The predicted octanol–water partition coefficient (Wildman–Crippen LogP) is 3.79. The number of aliphatic imine (C=N–C) groups is 1. The Morgan fingerprint density at radius 3 is 2.68 bits per heavy atom. The number of hydrogen-bond acceptors (Lipinski definition) is 2. The Morgan fingerprint density at radius 2 is 2.00 bits per heavy atom. The maximum atomic E-state index is 4.78. The van der Waals surface area contributed by atoms with Gasteiger partial charge in [-0.25, -0.2) is 4.99 Å². The van der Waals surface area contributed by atoms with Crippen LogP contribution < -0.4 is 10.6 Å². The SMILES string of the molecule is CCCCNC(=NCc1ccc(C)cc1)NCC1CCCN(C)C1.I. The van der Waals surface area contributed by atoms with Crippen molar-refractivity contribution in [3.05, 3.63) is 35.4 Å². The highest BCUT2D eigenvalue weighted by Gasteiger charge is 2.17. The first-order chi connectivity index (χ1) is 11.7. The van der Waals surface area contributed by atoms with E-state index in [1.54, 1.807) is 0 Å². The molecular formula is C20H35IN4. The maximum Gasteiger partial charge on any atom is 0.191 e. The molecule has 0 spiro atoms. The number of nitrogens with one attached hydrogen (secondary N) is 2. The van der Waals surface area contributed by atoms with E-state index in [1.165, 1.54) is 49.9 Å². The highest BCUT2D eigenvalue weighted by Crippen LogP contribution is 2.13. The Morgan fingerprint density at radius 1 is 1.24 bits per heavy atom. The first kappa shape index (κ1) is 22.2. The predicted molar refractivity (Wildman–Crippen MR) is 119 cm³/mol. The average molecular weight is 458 g/mol. The smallest absolute Gasteiger partial charge is 0.191 e. The standard InChI is InChI=1S/C20H34N4.HI/c1-4-5-12-21-20(22-14-18-10-8-17(2)9-11-18)23-15-19-7-6-13-24(3)16-19;/h8-11,19H,4-7,12-16H2,1-3H3,(H2,21,22,23);1H. The summed E-state index contributed by atoms with van der Waals surface area (Å²) in [5.74, 6) is 1.68. The van der Waals surface area contributed by atoms with Crippen molar-refractivity contribution in [2.75, 3.05) is 33.2 Å². The first-order valence-electron chi connectivity index (χ1n) is 9.43. The molecule has 2 rings (SSSR count). The lowest BCUT2D eigenvalue weighted by Crippen LogP contribution is -2.43. The number of nitrogens with zero attached hydrogens (tertiary/aromatic N) is 2. The summed E-state index contributed by atoms with van der Waals surface area (Å²) < 4.78 is 0. The Balaban J connectivity index is 0.00000312. The molecule has 25 heavy (non-hydrogen) atoms. The van der Waals surface area contributed by atoms with E-state index in [2.05, 4.69) is 60.7 Å². The van der Waals surface area contributed by atoms with Crippen molar-refractivity contribution >= 4 is 29.9 Å². The van der Waals surface area contributed by atoms with Gasteiger partial charge in [0.2, 0.25) is 0 Å². The van der Waals surface area contributed by atoms with Crippen LogP contribution in [0, 0.1) is 12.8 Å². The Kier molecular flexibility index (Phi) is 11.1. The van der Waals surface area contributed by atoms with Crippen molar-refractivity contribution in [2.45, 2.75) is 46.1 Å². The van der Waals surface area contributed by atoms with Crippen molar-refractivity contribution in [3.63, 3.8) is 0 Å². The molecule has 4 nitrogen and oxygen atoms in total. The van der Waals surface area contributed by atoms with E-state index in [1.807, 2.05) is 0 Å². The van der Waals surface area contributed by atoms with Crippen LogP contribution in [0.1, 0.15) is 43.7 Å². The minimum absolute atomic E-state index is 0. The van der Waals surface area contributed by atoms with E-state index in [-0.39, 0.29) is 24.0 Å². The molecule has 1 aliphatic rings. The zero-order valence-electron chi connectivity index (χ0n) is 16.1. The van der Waals surface area contributed by atoms with Crippen molar-refractivity contribution in [1.82, 2.24) is 15.5 Å². The second kappa shape index (κ2) is 12.5. The highest BCUT2D eigenvalue weighted by molar-refractivity contribution is 14.0. The lowest BCUT2D eigenvalue weighted by Gasteiger charge is -2.30. The molecule has 1 aromatic carbocycles. The van der Waals surface area contributed by atoms with E-state index in [9.17, 15) is 0 Å². The summed E-state index contributed by atoms with van der Waals surface area (Å²) in [6, 6.07) is 8.64. The molecule has 0 aliphatic carbocycles. The summed E-state index contributed by atoms with van der Waals surface area (Å²) in [4.78, 5) is 7.21. The second-order valence-electron chi connectivity index (χ2n) is 7.08. The largest absolute Gasteiger partial charge is 0.356 e. The molecule has 2 N–H and O–H groups in total. The molecule has 1 heterocycles. The van der Waals surface area contributed by atoms with E-state index in [0.29, 0.717) is 0 Å². The minimum atomic E-state index is 0. The van der Waals surface area contributed by atoms with Crippen LogP contribution >= 0.6 is 24.0 Å². The number of unbranched alkanes of at least 4 members (excludes halogenated alkanes) is 1. The molecular weight excluding hydrogens is 423 g/mol. The summed E-state index contributed by atoms with van der Waals surface area (Å²) in [5, 5.41) is 7.04. The molecule has 1 saturated heterocycles. The van der Waals surface area contributed by atoms with Crippen LogP contribution in [0.5, 0.6) is 0 Å². The van der Waals surface area contributed by atoms with Gasteiger partial charge in [0.15, 0.2) is 5.96 Å². The number of benzene rings is 1. The van der Waals surface area contributed by atoms with E-state index in [0.717, 1.165) is 31.5 Å². The molecule has 1 aromatic rings. The molecule has 0 aromatic heterocycles. The fourth-order valence-electron chi connectivity index (χ4n) is 3.10. The normalized spacial score (nSPS) is 18.5. The molecule has 1 atom stereocenters. The third kappa shape index (κ3) is 8.90. The summed E-state index contributed by atoms with van der Waals surface area (Å²) in [6.45, 7) is 9.49. The zero-order valence-corrected chi connectivity index (χ0v) is 18.4. The van der Waals surface area contributed by atoms with Gasteiger partial charge in [0.05, 0.1) is 6.54 Å². The molecule has 0 bridgehead atoms. The number of piperidine rings is 1. The van der Waals surface area contributed by atoms with Gasteiger partial charge in [0.1, 0.15) is 0 Å². The highest BCUT2D eigenvalue weighted by atomic mass is 127. The fraction of sp³-hybridized carbons (Fsp3) is 0.650. The quantitative estimate of drug-likeness (QED) is 0.283. The number of halogens is 1. The van der Waals surface area contributed by atoms with Crippen LogP contribution in [0.3, 0.4) is 0 Å². The van der Waals surface area contributed by atoms with Crippen LogP contribution in [0.15, 0.2) is 29.3 Å². The number of guanidine groups is 1. The van der Waals surface area contributed by atoms with Crippen LogP contribution in [0.2, 0.25) is 0 Å². The van der Waals surface area contributed by atoms with Gasteiger partial charge in [-0.15, -0.1) is 24.0 Å². The summed E-state index contributed by atoms with van der Waals surface area (Å²) in [7, 11) is 2.22. The van der Waals surface area contributed by atoms with Gasteiger partial charge in [-0.1, -0.05) is 43.2 Å². The van der Waals surface area contributed by atoms with Gasteiger partial charge in [-0.05, 0) is 51.3 Å². The lowest BCUT2D eigenvalue weighted by molar-refractivity contribution is 0.210. The topological polar surface area (TPSA) is 39.7 Å². The number of rotatable bonds is 7. The second-order valence-corrected chi connectivity index (χ2v) is 7.08. The molecule has 1 aliphatic heterocycles. The van der Waals surface area contributed by atoms with Crippen molar-refractivity contribution in [2.24, 2.45) is 10.9 Å². The number of hydrogen-bond donors (Lipinski definition) is 2. The van der Waals surface area contributed by atoms with E-state index >= 15 is 0 Å². The minimum Gasteiger partial charge on any atom is -0.356 e. The number of aryl methyl sites for hydroxylation is 1. The third-order valence-electron chi connectivity index (χ3n) is 4.64. The van der Waals surface area contributed by atoms with Crippen LogP contribution in [0.25, 0.3) is 0 Å². The van der Waals surface area contributed by atoms with Gasteiger partial charge < -0.3 is 15.5 Å². The Hall–Kier alpha value is -0.820. The first-order valence-corrected chi connectivity index (χ1v) is 9.43. The van der Waals surface area contributed by atoms with Crippen molar-refractivity contribution in [1.29, 1.82) is 0 Å². The molecule has 0 radical (unpaired) electrons. The van der Waals surface area contributed by atoms with E-state index < -0.39 is 0 Å². The maximum absolute atomic E-state index is 4.78. The molecule has 1 unspecified atom stereocenters. The molecule has 142 valence electrons. The van der Waals surface area contributed by atoms with Crippen molar-refractivity contribution in [3.8, 4) is 0 Å². The molecule has 0 saturated carbocycles. The Labute approximate surface area is 170 Å². The van der Waals surface area contributed by atoms with Gasteiger partial charge >= 0.3 is 0 Å². The molecule has 5 heteroatoms. The van der Waals surface area contributed by atoms with Gasteiger partial charge in [-0.2, -0.15) is 0 Å². The van der Waals surface area contributed by atoms with Gasteiger partial charge in [0, 0.05) is 19.6 Å². The van der Waals surface area contributed by atoms with Gasteiger partial charge in [0.25, 0.3) is 0 Å². The van der Waals surface area contributed by atoms with Gasteiger partial charge in [-0.3, -0.25) is 0 Å². The zero-order chi connectivity index (χ0) is 17.2. The molecule has 1 fully saturated rings. The average Bonchev–Trinajstić information content (AvgIpc) is 2.58. The third-order valence-corrected chi connectivity index (χ3v) is 4.64. The fourth-order valence-corrected chi connectivity index (χ4v) is 3.10. The van der Waals surface area contributed by atoms with E-state index in [4.69, 9.17) is 4.99 Å². The molecule has 0 amide bonds. The van der Waals surface area contributed by atoms with Crippen molar-refractivity contribution < 1.29 is 0 Å². The monoisotopic (exact) mass is 458 g/mol. The number of likely N-dealkylation sites (tertiary alicyclic amines) is 1.